The number of carbonyl (C=O) groups is 1. The van der Waals surface area contributed by atoms with Gasteiger partial charge < -0.3 is 10.1 Å². The van der Waals surface area contributed by atoms with Crippen LogP contribution in [0.5, 0.6) is 5.75 Å². The summed E-state index contributed by atoms with van der Waals surface area (Å²) in [5.41, 5.74) is 2.30. The maximum atomic E-state index is 12.4. The number of fused-ring (bicyclic) bond motifs is 1. The average Bonchev–Trinajstić information content (AvgIpc) is 2.62. The number of benzene rings is 3. The molecule has 0 spiro atoms. The lowest BCUT2D eigenvalue weighted by atomic mass is 10.1. The lowest BCUT2D eigenvalue weighted by Crippen LogP contribution is -2.13. The Labute approximate surface area is 141 Å². The number of nitrogens with one attached hydrogen (secondary N) is 1. The van der Waals surface area contributed by atoms with Crippen LogP contribution in [0.3, 0.4) is 0 Å². The normalized spacial score (nSPS) is 11.3. The molecule has 0 aliphatic rings. The van der Waals surface area contributed by atoms with Crippen LogP contribution in [-0.4, -0.2) is 13.0 Å². The predicted molar refractivity (Wildman–Crippen MR) is 99.2 cm³/mol. The Bertz CT molecular complexity index is 912. The molecule has 0 atom stereocenters. The Morgan fingerprint density at radius 3 is 2.46 bits per heavy atom. The highest BCUT2D eigenvalue weighted by Crippen LogP contribution is 2.24. The van der Waals surface area contributed by atoms with Gasteiger partial charge in [-0.15, -0.1) is 0 Å². The van der Waals surface area contributed by atoms with Crippen LogP contribution >= 0.6 is 0 Å². The first-order valence-electron chi connectivity index (χ1n) is 7.79. The van der Waals surface area contributed by atoms with Crippen LogP contribution in [0.15, 0.2) is 72.3 Å². The van der Waals surface area contributed by atoms with Gasteiger partial charge in [-0.05, 0) is 47.5 Å². The molecule has 0 unspecified atom stereocenters. The van der Waals surface area contributed by atoms with Crippen molar-refractivity contribution in [3.63, 3.8) is 0 Å². The van der Waals surface area contributed by atoms with E-state index < -0.39 is 0 Å². The van der Waals surface area contributed by atoms with Gasteiger partial charge in [-0.2, -0.15) is 0 Å². The zero-order valence-electron chi connectivity index (χ0n) is 13.7. The molecule has 120 valence electrons. The van der Waals surface area contributed by atoms with E-state index in [9.17, 15) is 4.79 Å². The van der Waals surface area contributed by atoms with Crippen molar-refractivity contribution in [1.82, 2.24) is 0 Å². The SMILES string of the molecule is COc1ccccc1NC(=O)/C(C)=C/c1ccc2ccccc2c1. The van der Waals surface area contributed by atoms with E-state index in [-0.39, 0.29) is 5.91 Å². The van der Waals surface area contributed by atoms with Crippen molar-refractivity contribution in [3.05, 3.63) is 77.9 Å². The molecule has 0 bridgehead atoms. The number of amides is 1. The van der Waals surface area contributed by atoms with E-state index >= 15 is 0 Å². The predicted octanol–water partition coefficient (Wildman–Crippen LogP) is 4.89. The summed E-state index contributed by atoms with van der Waals surface area (Å²) < 4.78 is 5.26. The van der Waals surface area contributed by atoms with Crippen molar-refractivity contribution in [3.8, 4) is 5.75 Å². The second kappa shape index (κ2) is 7.01. The van der Waals surface area contributed by atoms with Gasteiger partial charge in [-0.1, -0.05) is 48.5 Å². The molecule has 0 aliphatic carbocycles. The fourth-order valence-corrected chi connectivity index (χ4v) is 2.58. The topological polar surface area (TPSA) is 38.3 Å². The molecular weight excluding hydrogens is 298 g/mol. The molecule has 1 amide bonds. The molecule has 0 saturated heterocycles. The summed E-state index contributed by atoms with van der Waals surface area (Å²) in [6.07, 6.45) is 1.89. The molecule has 24 heavy (non-hydrogen) atoms. The fourth-order valence-electron chi connectivity index (χ4n) is 2.58. The number of rotatable bonds is 4. The monoisotopic (exact) mass is 317 g/mol. The van der Waals surface area contributed by atoms with Gasteiger partial charge in [-0.25, -0.2) is 0 Å². The first-order chi connectivity index (χ1) is 11.7. The van der Waals surface area contributed by atoms with Gasteiger partial charge in [0, 0.05) is 5.57 Å². The highest BCUT2D eigenvalue weighted by atomic mass is 16.5. The van der Waals surface area contributed by atoms with E-state index in [1.54, 1.807) is 14.0 Å². The van der Waals surface area contributed by atoms with Gasteiger partial charge in [0.2, 0.25) is 0 Å². The molecule has 3 aromatic rings. The largest absolute Gasteiger partial charge is 0.495 e. The Hall–Kier alpha value is -3.07. The Morgan fingerprint density at radius 2 is 1.67 bits per heavy atom. The molecular formula is C21H19NO2. The van der Waals surface area contributed by atoms with E-state index in [1.165, 1.54) is 5.39 Å². The van der Waals surface area contributed by atoms with Gasteiger partial charge in [-0.3, -0.25) is 4.79 Å². The Balaban J connectivity index is 1.82. The summed E-state index contributed by atoms with van der Waals surface area (Å²) >= 11 is 0. The second-order valence-corrected chi connectivity index (χ2v) is 5.59. The van der Waals surface area contributed by atoms with Crippen molar-refractivity contribution in [2.45, 2.75) is 6.92 Å². The molecule has 3 rings (SSSR count). The van der Waals surface area contributed by atoms with Crippen LogP contribution in [0.2, 0.25) is 0 Å². The van der Waals surface area contributed by atoms with Gasteiger partial charge in [0.05, 0.1) is 12.8 Å². The van der Waals surface area contributed by atoms with E-state index in [1.807, 2.05) is 48.5 Å². The van der Waals surface area contributed by atoms with Crippen LogP contribution < -0.4 is 10.1 Å². The molecule has 0 aromatic heterocycles. The zero-order valence-corrected chi connectivity index (χ0v) is 13.7. The summed E-state index contributed by atoms with van der Waals surface area (Å²) in [5.74, 6) is 0.497. The van der Waals surface area contributed by atoms with E-state index in [4.69, 9.17) is 4.74 Å². The first kappa shape index (κ1) is 15.8. The minimum absolute atomic E-state index is 0.146. The number of methoxy groups -OCH3 is 1. The standard InChI is InChI=1S/C21H19NO2/c1-15(21(23)22-19-9-5-6-10-20(19)24-2)13-16-11-12-17-7-3-4-8-18(17)14-16/h3-14H,1-2H3,(H,22,23)/b15-13+. The molecule has 0 heterocycles. The maximum absolute atomic E-state index is 12.4. The Kier molecular flexibility index (Phi) is 4.62. The van der Waals surface area contributed by atoms with Gasteiger partial charge in [0.15, 0.2) is 0 Å². The lowest BCUT2D eigenvalue weighted by Gasteiger charge is -2.10. The molecule has 1 N–H and O–H groups in total. The second-order valence-electron chi connectivity index (χ2n) is 5.59. The molecule has 3 aromatic carbocycles. The van der Waals surface area contributed by atoms with Crippen molar-refractivity contribution in [1.29, 1.82) is 0 Å². The van der Waals surface area contributed by atoms with Crippen molar-refractivity contribution < 1.29 is 9.53 Å². The van der Waals surface area contributed by atoms with Crippen LogP contribution in [0, 0.1) is 0 Å². The number of anilines is 1. The third-order valence-electron chi connectivity index (χ3n) is 3.87. The van der Waals surface area contributed by atoms with Crippen molar-refractivity contribution in [2.24, 2.45) is 0 Å². The van der Waals surface area contributed by atoms with Gasteiger partial charge in [0.1, 0.15) is 5.75 Å². The molecule has 0 fully saturated rings. The summed E-state index contributed by atoms with van der Waals surface area (Å²) in [6, 6.07) is 21.7. The minimum atomic E-state index is -0.146. The average molecular weight is 317 g/mol. The summed E-state index contributed by atoms with van der Waals surface area (Å²) in [7, 11) is 1.59. The third kappa shape index (κ3) is 3.46. The Morgan fingerprint density at radius 1 is 0.958 bits per heavy atom. The first-order valence-corrected chi connectivity index (χ1v) is 7.79. The highest BCUT2D eigenvalue weighted by molar-refractivity contribution is 6.07. The molecule has 0 aliphatic heterocycles. The number of ether oxygens (including phenoxy) is 1. The number of para-hydroxylation sites is 2. The van der Waals surface area contributed by atoms with Crippen LogP contribution in [0.4, 0.5) is 5.69 Å². The van der Waals surface area contributed by atoms with Gasteiger partial charge >= 0.3 is 0 Å². The van der Waals surface area contributed by atoms with Crippen molar-refractivity contribution in [2.75, 3.05) is 12.4 Å². The zero-order chi connectivity index (χ0) is 16.9. The number of hydrogen-bond acceptors (Lipinski definition) is 2. The minimum Gasteiger partial charge on any atom is -0.495 e. The van der Waals surface area contributed by atoms with Crippen molar-refractivity contribution >= 4 is 28.4 Å². The molecule has 0 radical (unpaired) electrons. The molecule has 3 heteroatoms. The van der Waals surface area contributed by atoms with Crippen LogP contribution in [-0.2, 0) is 4.79 Å². The fraction of sp³-hybridized carbons (Fsp3) is 0.0952. The summed E-state index contributed by atoms with van der Waals surface area (Å²) in [6.45, 7) is 1.81. The summed E-state index contributed by atoms with van der Waals surface area (Å²) in [5, 5.41) is 5.23. The smallest absolute Gasteiger partial charge is 0.251 e. The molecule has 0 saturated carbocycles. The lowest BCUT2D eigenvalue weighted by molar-refractivity contribution is -0.112. The van der Waals surface area contributed by atoms with Crippen LogP contribution in [0.1, 0.15) is 12.5 Å². The third-order valence-corrected chi connectivity index (χ3v) is 3.87. The number of carbonyl (C=O) groups excluding carboxylic acids is 1. The quantitative estimate of drug-likeness (QED) is 0.696. The van der Waals surface area contributed by atoms with Crippen LogP contribution in [0.25, 0.3) is 16.8 Å². The van der Waals surface area contributed by atoms with E-state index in [0.29, 0.717) is 17.0 Å². The maximum Gasteiger partial charge on any atom is 0.251 e. The van der Waals surface area contributed by atoms with E-state index in [2.05, 4.69) is 29.6 Å². The number of hydrogen-bond donors (Lipinski definition) is 1. The molecule has 3 nitrogen and oxygen atoms in total. The van der Waals surface area contributed by atoms with Gasteiger partial charge in [0.25, 0.3) is 5.91 Å². The highest BCUT2D eigenvalue weighted by Gasteiger charge is 2.08. The summed E-state index contributed by atoms with van der Waals surface area (Å²) in [4.78, 5) is 12.4. The van der Waals surface area contributed by atoms with E-state index in [0.717, 1.165) is 10.9 Å².